The Labute approximate surface area is 190 Å². The number of amides is 1. The molecule has 0 atom stereocenters. The van der Waals surface area contributed by atoms with Gasteiger partial charge in [0.1, 0.15) is 32.7 Å². The van der Waals surface area contributed by atoms with Crippen molar-refractivity contribution in [3.63, 3.8) is 0 Å². The Hall–Kier alpha value is -2.89. The third kappa shape index (κ3) is 4.79. The highest BCUT2D eigenvalue weighted by Crippen LogP contribution is 2.18. The highest BCUT2D eigenvalue weighted by molar-refractivity contribution is 5.85. The highest BCUT2D eigenvalue weighted by atomic mass is 16.2. The number of para-hydroxylation sites is 1. The molecule has 32 heavy (non-hydrogen) atoms. The number of carbonyl (C=O) groups excluding carboxylic acids is 1. The number of hydrogen-bond acceptors (Lipinski definition) is 2. The second-order valence-corrected chi connectivity index (χ2v) is 9.20. The van der Waals surface area contributed by atoms with Crippen molar-refractivity contribution in [3.8, 4) is 0 Å². The second kappa shape index (κ2) is 9.72. The van der Waals surface area contributed by atoms with Crippen molar-refractivity contribution in [2.24, 2.45) is 0 Å². The van der Waals surface area contributed by atoms with Crippen LogP contribution in [0.3, 0.4) is 0 Å². The molecule has 3 aromatic rings. The number of hydrogen-bond donors (Lipinski definition) is 2. The Morgan fingerprint density at radius 2 is 1.38 bits per heavy atom. The van der Waals surface area contributed by atoms with Gasteiger partial charge in [-0.2, -0.15) is 0 Å². The molecule has 5 nitrogen and oxygen atoms in total. The van der Waals surface area contributed by atoms with E-state index in [9.17, 15) is 4.79 Å². The molecule has 2 heterocycles. The van der Waals surface area contributed by atoms with E-state index in [1.165, 1.54) is 26.9 Å². The van der Waals surface area contributed by atoms with Crippen molar-refractivity contribution < 1.29 is 14.6 Å². The lowest BCUT2D eigenvalue weighted by atomic mass is 10.0. The Kier molecular flexibility index (Phi) is 6.37. The van der Waals surface area contributed by atoms with Gasteiger partial charge in [0.2, 0.25) is 0 Å². The van der Waals surface area contributed by atoms with Crippen LogP contribution in [0.5, 0.6) is 0 Å². The van der Waals surface area contributed by atoms with E-state index >= 15 is 0 Å². The zero-order valence-corrected chi connectivity index (χ0v) is 18.8. The second-order valence-electron chi connectivity index (χ2n) is 9.20. The van der Waals surface area contributed by atoms with Crippen molar-refractivity contribution in [2.45, 2.75) is 6.54 Å². The van der Waals surface area contributed by atoms with Gasteiger partial charge in [0.25, 0.3) is 5.91 Å². The van der Waals surface area contributed by atoms with Crippen LogP contribution in [0.1, 0.15) is 5.56 Å². The molecule has 0 aliphatic carbocycles. The molecule has 2 saturated heterocycles. The van der Waals surface area contributed by atoms with E-state index < -0.39 is 0 Å². The first kappa shape index (κ1) is 21.0. The van der Waals surface area contributed by atoms with E-state index in [1.54, 1.807) is 4.90 Å². The fraction of sp³-hybridized carbons (Fsp3) is 0.370. The number of benzene rings is 3. The number of rotatable bonds is 5. The average Bonchev–Trinajstić information content (AvgIpc) is 2.86. The van der Waals surface area contributed by atoms with Gasteiger partial charge < -0.3 is 19.6 Å². The Morgan fingerprint density at radius 1 is 0.719 bits per heavy atom. The molecule has 1 amide bonds. The van der Waals surface area contributed by atoms with Gasteiger partial charge in [-0.3, -0.25) is 4.79 Å². The van der Waals surface area contributed by atoms with Crippen molar-refractivity contribution in [3.05, 3.63) is 78.4 Å². The van der Waals surface area contributed by atoms with Gasteiger partial charge in [-0.05, 0) is 22.9 Å². The maximum Gasteiger partial charge on any atom is 0.277 e. The summed E-state index contributed by atoms with van der Waals surface area (Å²) in [5.74, 6) is 0.324. The molecule has 0 spiro atoms. The van der Waals surface area contributed by atoms with E-state index in [1.807, 2.05) is 0 Å². The smallest absolute Gasteiger partial charge is 0.277 e. The third-order valence-corrected chi connectivity index (χ3v) is 7.14. The number of piperazine rings is 2. The zero-order chi connectivity index (χ0) is 21.8. The molecule has 3 aromatic carbocycles. The fourth-order valence-corrected chi connectivity index (χ4v) is 5.21. The van der Waals surface area contributed by atoms with Gasteiger partial charge in [0.05, 0.1) is 0 Å². The van der Waals surface area contributed by atoms with Crippen LogP contribution >= 0.6 is 0 Å². The maximum atomic E-state index is 12.9. The van der Waals surface area contributed by atoms with Crippen LogP contribution in [0.2, 0.25) is 0 Å². The largest absolute Gasteiger partial charge is 0.368 e. The predicted octanol–water partition coefficient (Wildman–Crippen LogP) is 0.472. The van der Waals surface area contributed by atoms with Crippen molar-refractivity contribution in [1.82, 2.24) is 4.90 Å². The van der Waals surface area contributed by atoms with Gasteiger partial charge in [0.15, 0.2) is 6.54 Å². The molecule has 166 valence electrons. The summed E-state index contributed by atoms with van der Waals surface area (Å²) in [6.07, 6.45) is 0. The van der Waals surface area contributed by atoms with Crippen LogP contribution in [0.25, 0.3) is 10.8 Å². The highest BCUT2D eigenvalue weighted by Gasteiger charge is 2.28. The predicted molar refractivity (Wildman–Crippen MR) is 129 cm³/mol. The molecular formula is C27H34N4O+2. The van der Waals surface area contributed by atoms with Crippen LogP contribution in [0, 0.1) is 0 Å². The van der Waals surface area contributed by atoms with E-state index in [2.05, 4.69) is 82.6 Å². The van der Waals surface area contributed by atoms with Gasteiger partial charge >= 0.3 is 0 Å². The minimum Gasteiger partial charge on any atom is -0.368 e. The number of anilines is 1. The summed E-state index contributed by atoms with van der Waals surface area (Å²) in [7, 11) is 0. The Morgan fingerprint density at radius 3 is 2.16 bits per heavy atom. The molecule has 2 fully saturated rings. The lowest BCUT2D eigenvalue weighted by molar-refractivity contribution is -1.02. The third-order valence-electron chi connectivity index (χ3n) is 7.14. The maximum absolute atomic E-state index is 12.9. The molecule has 0 bridgehead atoms. The summed E-state index contributed by atoms with van der Waals surface area (Å²) >= 11 is 0. The van der Waals surface area contributed by atoms with Gasteiger partial charge in [0, 0.05) is 37.4 Å². The molecule has 5 rings (SSSR count). The molecule has 2 aliphatic rings. The standard InChI is InChI=1S/C27H32N4O/c32-27(31-19-17-30(18-20-31)25-10-2-1-3-11-25)22-29-15-13-28(14-16-29)21-24-9-6-8-23-7-4-5-12-26(23)24/h1-12H,13-22H2/p+2. The number of nitrogens with one attached hydrogen (secondary N) is 2. The number of nitrogens with zero attached hydrogens (tertiary/aromatic N) is 2. The van der Waals surface area contributed by atoms with Gasteiger partial charge in [-0.25, -0.2) is 0 Å². The minimum absolute atomic E-state index is 0.324. The molecule has 0 saturated carbocycles. The summed E-state index contributed by atoms with van der Waals surface area (Å²) in [6, 6.07) is 25.8. The van der Waals surface area contributed by atoms with Crippen molar-refractivity contribution in [2.75, 3.05) is 63.8 Å². The van der Waals surface area contributed by atoms with E-state index in [-0.39, 0.29) is 0 Å². The molecule has 5 heteroatoms. The monoisotopic (exact) mass is 430 g/mol. The van der Waals surface area contributed by atoms with E-state index in [0.717, 1.165) is 58.9 Å². The summed E-state index contributed by atoms with van der Waals surface area (Å²) in [5.41, 5.74) is 2.70. The molecule has 0 radical (unpaired) electrons. The molecule has 2 aliphatic heterocycles. The lowest BCUT2D eigenvalue weighted by Gasteiger charge is -2.37. The summed E-state index contributed by atoms with van der Waals surface area (Å²) in [5, 5.41) is 2.70. The fourth-order valence-electron chi connectivity index (χ4n) is 5.21. The van der Waals surface area contributed by atoms with Crippen LogP contribution in [-0.4, -0.2) is 69.7 Å². The Bertz CT molecular complexity index is 1030. The van der Waals surface area contributed by atoms with Crippen LogP contribution < -0.4 is 14.7 Å². The Balaban J connectivity index is 1.09. The van der Waals surface area contributed by atoms with Crippen molar-refractivity contribution in [1.29, 1.82) is 0 Å². The first-order chi connectivity index (χ1) is 15.8. The normalized spacial score (nSPS) is 21.6. The first-order valence-corrected chi connectivity index (χ1v) is 12.0. The van der Waals surface area contributed by atoms with Gasteiger partial charge in [-0.15, -0.1) is 0 Å². The summed E-state index contributed by atoms with van der Waals surface area (Å²) < 4.78 is 0. The number of fused-ring (bicyclic) bond motifs is 1. The topological polar surface area (TPSA) is 32.4 Å². The molecule has 0 unspecified atom stereocenters. The molecular weight excluding hydrogens is 396 g/mol. The lowest BCUT2D eigenvalue weighted by Crippen LogP contribution is -3.28. The van der Waals surface area contributed by atoms with E-state index in [0.29, 0.717) is 12.5 Å². The van der Waals surface area contributed by atoms with Crippen LogP contribution in [0.15, 0.2) is 72.8 Å². The SMILES string of the molecule is O=C(C[NH+]1CC[NH+](Cc2cccc3ccccc23)CC1)N1CCN(c2ccccc2)CC1. The number of carbonyl (C=O) groups is 1. The average molecular weight is 431 g/mol. The molecule has 0 aromatic heterocycles. The zero-order valence-electron chi connectivity index (χ0n) is 18.8. The first-order valence-electron chi connectivity index (χ1n) is 12.0. The van der Waals surface area contributed by atoms with Crippen molar-refractivity contribution >= 4 is 22.4 Å². The van der Waals surface area contributed by atoms with E-state index in [4.69, 9.17) is 0 Å². The molecule has 2 N–H and O–H groups in total. The quantitative estimate of drug-likeness (QED) is 0.617. The minimum atomic E-state index is 0.324. The number of quaternary nitrogens is 2. The van der Waals surface area contributed by atoms with Crippen LogP contribution in [-0.2, 0) is 11.3 Å². The summed E-state index contributed by atoms with van der Waals surface area (Å²) in [6.45, 7) is 9.66. The summed E-state index contributed by atoms with van der Waals surface area (Å²) in [4.78, 5) is 20.4. The van der Waals surface area contributed by atoms with Crippen LogP contribution in [0.4, 0.5) is 5.69 Å². The van der Waals surface area contributed by atoms with Gasteiger partial charge in [-0.1, -0.05) is 60.7 Å².